The molecule has 13 heavy (non-hydrogen) atoms. The maximum atomic E-state index is 11.6. The number of Topliss-reactive ketones (excluding diaryl/α,β-unsaturated/α-hetero) is 1. The summed E-state index contributed by atoms with van der Waals surface area (Å²) in [6.07, 6.45) is 0. The van der Waals surface area contributed by atoms with E-state index in [1.54, 1.807) is 0 Å². The Bertz CT molecular complexity index is 307. The highest BCUT2D eigenvalue weighted by Crippen LogP contribution is 2.46. The van der Waals surface area contributed by atoms with E-state index < -0.39 is 0 Å². The van der Waals surface area contributed by atoms with Gasteiger partial charge in [-0.25, -0.2) is 0 Å². The second-order valence-electron chi connectivity index (χ2n) is 3.21. The lowest BCUT2D eigenvalue weighted by atomic mass is 9.91. The van der Waals surface area contributed by atoms with Crippen molar-refractivity contribution in [2.24, 2.45) is 0 Å². The standard InChI is InChI=1S/C9H9Br3O/c1-4-7(13)6(10)5(2)9(3,12)8(4)11/h1-3H3. The lowest BCUT2D eigenvalue weighted by molar-refractivity contribution is -0.111. The Balaban J connectivity index is 3.39. The molecular formula is C9H9Br3O. The molecule has 0 spiro atoms. The van der Waals surface area contributed by atoms with E-state index in [0.29, 0.717) is 4.48 Å². The molecule has 0 aromatic carbocycles. The Hall–Kier alpha value is 0.590. The summed E-state index contributed by atoms with van der Waals surface area (Å²) >= 11 is 10.3. The molecule has 0 aromatic rings. The number of allylic oxidation sites excluding steroid dienone is 4. The third-order valence-electron chi connectivity index (χ3n) is 2.31. The highest BCUT2D eigenvalue weighted by atomic mass is 79.9. The van der Waals surface area contributed by atoms with Crippen molar-refractivity contribution in [1.29, 1.82) is 0 Å². The molecule has 0 radical (unpaired) electrons. The molecule has 0 saturated heterocycles. The van der Waals surface area contributed by atoms with Crippen molar-refractivity contribution in [2.75, 3.05) is 0 Å². The summed E-state index contributed by atoms with van der Waals surface area (Å²) in [6, 6.07) is 0. The molecule has 1 unspecified atom stereocenters. The highest BCUT2D eigenvalue weighted by Gasteiger charge is 2.36. The molecule has 0 fully saturated rings. The molecule has 4 heteroatoms. The summed E-state index contributed by atoms with van der Waals surface area (Å²) < 4.78 is 1.31. The van der Waals surface area contributed by atoms with Crippen LogP contribution in [0.2, 0.25) is 0 Å². The van der Waals surface area contributed by atoms with Crippen LogP contribution >= 0.6 is 47.8 Å². The van der Waals surface area contributed by atoms with Gasteiger partial charge in [-0.1, -0.05) is 31.9 Å². The van der Waals surface area contributed by atoms with Crippen molar-refractivity contribution in [1.82, 2.24) is 0 Å². The van der Waals surface area contributed by atoms with Gasteiger partial charge in [-0.15, -0.1) is 0 Å². The molecule has 0 aromatic heterocycles. The molecule has 0 aliphatic heterocycles. The second-order valence-corrected chi connectivity index (χ2v) is 6.38. The normalized spacial score (nSPS) is 30.2. The molecule has 1 aliphatic rings. The zero-order valence-corrected chi connectivity index (χ0v) is 12.3. The average molecular weight is 373 g/mol. The summed E-state index contributed by atoms with van der Waals surface area (Å²) in [5.41, 5.74) is 1.74. The number of rotatable bonds is 0. The van der Waals surface area contributed by atoms with Crippen molar-refractivity contribution in [3.05, 3.63) is 20.1 Å². The van der Waals surface area contributed by atoms with Crippen molar-refractivity contribution in [2.45, 2.75) is 25.1 Å². The Labute approximate surface area is 103 Å². The van der Waals surface area contributed by atoms with E-state index in [4.69, 9.17) is 0 Å². The third-order valence-corrected chi connectivity index (χ3v) is 6.18. The van der Waals surface area contributed by atoms with Gasteiger partial charge < -0.3 is 0 Å². The van der Waals surface area contributed by atoms with Crippen LogP contribution in [0.1, 0.15) is 20.8 Å². The van der Waals surface area contributed by atoms with Gasteiger partial charge in [0.1, 0.15) is 0 Å². The fraction of sp³-hybridized carbons (Fsp3) is 0.444. The van der Waals surface area contributed by atoms with Crippen molar-refractivity contribution in [3.63, 3.8) is 0 Å². The molecule has 0 saturated carbocycles. The quantitative estimate of drug-likeness (QED) is 0.586. The molecule has 1 rings (SSSR count). The maximum Gasteiger partial charge on any atom is 0.196 e. The van der Waals surface area contributed by atoms with E-state index in [2.05, 4.69) is 47.8 Å². The van der Waals surface area contributed by atoms with Crippen LogP contribution in [0.15, 0.2) is 20.1 Å². The van der Waals surface area contributed by atoms with E-state index in [9.17, 15) is 4.79 Å². The summed E-state index contributed by atoms with van der Waals surface area (Å²) in [5.74, 6) is 0.0568. The van der Waals surface area contributed by atoms with Gasteiger partial charge >= 0.3 is 0 Å². The Morgan fingerprint density at radius 2 is 1.69 bits per heavy atom. The van der Waals surface area contributed by atoms with Crippen LogP contribution < -0.4 is 0 Å². The minimum absolute atomic E-state index is 0.0568. The SMILES string of the molecule is CC1=C(Br)C(C)(Br)C(C)=C(Br)C1=O. The van der Waals surface area contributed by atoms with Crippen molar-refractivity contribution in [3.8, 4) is 0 Å². The minimum Gasteiger partial charge on any atom is -0.288 e. The lowest BCUT2D eigenvalue weighted by Crippen LogP contribution is -2.27. The minimum atomic E-state index is -0.260. The second kappa shape index (κ2) is 3.63. The van der Waals surface area contributed by atoms with Crippen LogP contribution in [-0.2, 0) is 4.79 Å². The first-order valence-electron chi connectivity index (χ1n) is 3.77. The van der Waals surface area contributed by atoms with E-state index in [-0.39, 0.29) is 10.1 Å². The number of carbonyl (C=O) groups is 1. The van der Waals surface area contributed by atoms with Crippen LogP contribution in [0.25, 0.3) is 0 Å². The highest BCUT2D eigenvalue weighted by molar-refractivity contribution is 9.14. The molecule has 0 bridgehead atoms. The van der Waals surface area contributed by atoms with E-state index in [1.165, 1.54) is 0 Å². The molecular weight excluding hydrogens is 364 g/mol. The number of ketones is 1. The molecule has 1 aliphatic carbocycles. The van der Waals surface area contributed by atoms with Crippen LogP contribution in [0.5, 0.6) is 0 Å². The topological polar surface area (TPSA) is 17.1 Å². The van der Waals surface area contributed by atoms with Gasteiger partial charge in [-0.3, -0.25) is 4.79 Å². The average Bonchev–Trinajstić information content (AvgIpc) is 2.09. The first-order valence-corrected chi connectivity index (χ1v) is 6.15. The Kier molecular flexibility index (Phi) is 3.26. The van der Waals surface area contributed by atoms with Crippen LogP contribution in [0, 0.1) is 0 Å². The molecule has 1 nitrogen and oxygen atoms in total. The predicted octanol–water partition coefficient (Wildman–Crippen LogP) is 4.06. The number of carbonyl (C=O) groups excluding carboxylic acids is 1. The Morgan fingerprint density at radius 1 is 1.23 bits per heavy atom. The van der Waals surface area contributed by atoms with Crippen LogP contribution in [-0.4, -0.2) is 10.1 Å². The van der Waals surface area contributed by atoms with Crippen LogP contribution in [0.4, 0.5) is 0 Å². The zero-order valence-electron chi connectivity index (χ0n) is 7.54. The monoisotopic (exact) mass is 370 g/mol. The van der Waals surface area contributed by atoms with Gasteiger partial charge in [-0.05, 0) is 42.3 Å². The number of hydrogen-bond acceptors (Lipinski definition) is 1. The number of halogens is 3. The van der Waals surface area contributed by atoms with Gasteiger partial charge in [0.25, 0.3) is 0 Å². The molecule has 0 heterocycles. The van der Waals surface area contributed by atoms with Gasteiger partial charge in [-0.2, -0.15) is 0 Å². The largest absolute Gasteiger partial charge is 0.288 e. The first-order chi connectivity index (χ1) is 5.80. The van der Waals surface area contributed by atoms with Crippen molar-refractivity contribution >= 4 is 53.6 Å². The lowest BCUT2D eigenvalue weighted by Gasteiger charge is -2.30. The summed E-state index contributed by atoms with van der Waals surface area (Å²) in [7, 11) is 0. The summed E-state index contributed by atoms with van der Waals surface area (Å²) in [4.78, 5) is 11.6. The molecule has 0 N–H and O–H groups in total. The van der Waals surface area contributed by atoms with E-state index in [1.807, 2.05) is 20.8 Å². The molecule has 1 atom stereocenters. The summed E-state index contributed by atoms with van der Waals surface area (Å²) in [5, 5.41) is 0. The van der Waals surface area contributed by atoms with Gasteiger partial charge in [0, 0.05) is 10.1 Å². The number of hydrogen-bond donors (Lipinski definition) is 0. The van der Waals surface area contributed by atoms with E-state index >= 15 is 0 Å². The number of alkyl halides is 1. The predicted molar refractivity (Wildman–Crippen MR) is 65.6 cm³/mol. The zero-order chi connectivity index (χ0) is 10.4. The molecule has 72 valence electrons. The third kappa shape index (κ3) is 1.73. The smallest absolute Gasteiger partial charge is 0.196 e. The Morgan fingerprint density at radius 3 is 2.15 bits per heavy atom. The summed E-state index contributed by atoms with van der Waals surface area (Å²) in [6.45, 7) is 5.77. The van der Waals surface area contributed by atoms with E-state index in [0.717, 1.165) is 15.6 Å². The fourth-order valence-corrected chi connectivity index (χ4v) is 3.09. The van der Waals surface area contributed by atoms with Crippen LogP contribution in [0.3, 0.4) is 0 Å². The molecule has 0 amide bonds. The fourth-order valence-electron chi connectivity index (χ4n) is 1.16. The van der Waals surface area contributed by atoms with Gasteiger partial charge in [0.2, 0.25) is 0 Å². The first kappa shape index (κ1) is 11.7. The van der Waals surface area contributed by atoms with Gasteiger partial charge in [0.05, 0.1) is 8.81 Å². The van der Waals surface area contributed by atoms with Gasteiger partial charge in [0.15, 0.2) is 5.78 Å². The maximum absolute atomic E-state index is 11.6. The van der Waals surface area contributed by atoms with Crippen molar-refractivity contribution < 1.29 is 4.79 Å².